The number of ether oxygens (including phenoxy) is 1. The van der Waals surface area contributed by atoms with E-state index in [1.165, 1.54) is 17.5 Å². The van der Waals surface area contributed by atoms with Crippen molar-refractivity contribution in [1.29, 1.82) is 0 Å². The molecule has 3 heteroatoms. The van der Waals surface area contributed by atoms with Crippen LogP contribution in [0.4, 0.5) is 5.69 Å². The number of hydrogen-bond donors (Lipinski definition) is 0. The predicted octanol–water partition coefficient (Wildman–Crippen LogP) is 2.51. The first kappa shape index (κ1) is 10.8. The maximum Gasteiger partial charge on any atom is 0.131 e. The Kier molecular flexibility index (Phi) is 2.85. The van der Waals surface area contributed by atoms with E-state index in [-0.39, 0.29) is 0 Å². The molecule has 17 heavy (non-hydrogen) atoms. The maximum absolute atomic E-state index is 5.44. The average Bonchev–Trinajstić information content (AvgIpc) is 2.36. The first-order valence-corrected chi connectivity index (χ1v) is 6.39. The molecule has 0 N–H and O–H groups in total. The molecule has 0 bridgehead atoms. The molecule has 0 radical (unpaired) electrons. The van der Waals surface area contributed by atoms with Gasteiger partial charge in [-0.3, -0.25) is 0 Å². The summed E-state index contributed by atoms with van der Waals surface area (Å²) < 4.78 is 5.44. The molecule has 0 unspecified atom stereocenters. The number of aryl methyl sites for hydroxylation is 1. The molecule has 0 aliphatic carbocycles. The van der Waals surface area contributed by atoms with E-state index < -0.39 is 0 Å². The molecule has 2 aliphatic heterocycles. The van der Waals surface area contributed by atoms with Gasteiger partial charge < -0.3 is 9.64 Å². The second kappa shape index (κ2) is 4.49. The quantitative estimate of drug-likeness (QED) is 0.780. The molecule has 1 aromatic carbocycles. The van der Waals surface area contributed by atoms with Gasteiger partial charge in [-0.1, -0.05) is 25.5 Å². The first-order chi connectivity index (χ1) is 8.36. The monoisotopic (exact) mass is 230 g/mol. The highest BCUT2D eigenvalue weighted by molar-refractivity contribution is 5.88. The number of benzene rings is 1. The molecule has 0 aromatic heterocycles. The molecule has 90 valence electrons. The van der Waals surface area contributed by atoms with Crippen LogP contribution in [0.15, 0.2) is 23.2 Å². The van der Waals surface area contributed by atoms with E-state index >= 15 is 0 Å². The van der Waals surface area contributed by atoms with Gasteiger partial charge in [-0.15, -0.1) is 0 Å². The largest absolute Gasteiger partial charge is 0.372 e. The number of amidine groups is 1. The van der Waals surface area contributed by atoms with Crippen molar-refractivity contribution >= 4 is 11.5 Å². The minimum Gasteiger partial charge on any atom is -0.372 e. The third-order valence-corrected chi connectivity index (χ3v) is 3.40. The first-order valence-electron chi connectivity index (χ1n) is 6.39. The van der Waals surface area contributed by atoms with Crippen LogP contribution in [0, 0.1) is 0 Å². The Balaban J connectivity index is 1.92. The second-order valence-electron chi connectivity index (χ2n) is 4.72. The van der Waals surface area contributed by atoms with Gasteiger partial charge in [-0.2, -0.15) is 0 Å². The smallest absolute Gasteiger partial charge is 0.131 e. The lowest BCUT2D eigenvalue weighted by Gasteiger charge is -2.33. The van der Waals surface area contributed by atoms with Gasteiger partial charge in [0.15, 0.2) is 0 Å². The number of morpholine rings is 1. The van der Waals surface area contributed by atoms with Crippen molar-refractivity contribution in [3.05, 3.63) is 29.3 Å². The molecule has 0 spiro atoms. The summed E-state index contributed by atoms with van der Waals surface area (Å²) in [6.45, 7) is 5.67. The third-order valence-electron chi connectivity index (χ3n) is 3.40. The highest BCUT2D eigenvalue weighted by atomic mass is 16.5. The molecule has 1 aromatic rings. The number of nitrogens with zero attached hydrogens (tertiary/aromatic N) is 2. The molecule has 3 nitrogen and oxygen atoms in total. The van der Waals surface area contributed by atoms with Crippen molar-refractivity contribution in [1.82, 2.24) is 4.90 Å². The fourth-order valence-corrected chi connectivity index (χ4v) is 2.50. The van der Waals surface area contributed by atoms with Crippen molar-refractivity contribution < 1.29 is 4.74 Å². The summed E-state index contributed by atoms with van der Waals surface area (Å²) in [5.41, 5.74) is 3.92. The summed E-state index contributed by atoms with van der Waals surface area (Å²) in [5, 5.41) is 0. The normalized spacial score (nSPS) is 18.4. The Morgan fingerprint density at radius 1 is 1.41 bits per heavy atom. The van der Waals surface area contributed by atoms with Gasteiger partial charge in [0.1, 0.15) is 12.4 Å². The molecule has 0 saturated carbocycles. The number of fused-ring (bicyclic) bond motifs is 2. The molecule has 0 atom stereocenters. The summed E-state index contributed by atoms with van der Waals surface area (Å²) >= 11 is 0. The molecule has 3 rings (SSSR count). The van der Waals surface area contributed by atoms with Gasteiger partial charge in [0.2, 0.25) is 0 Å². The minimum atomic E-state index is 0.663. The Morgan fingerprint density at radius 3 is 3.24 bits per heavy atom. The number of rotatable bonds is 2. The van der Waals surface area contributed by atoms with Crippen LogP contribution >= 0.6 is 0 Å². The van der Waals surface area contributed by atoms with E-state index in [1.54, 1.807) is 0 Å². The molecular formula is C14H18N2O. The zero-order valence-electron chi connectivity index (χ0n) is 10.3. The van der Waals surface area contributed by atoms with Crippen molar-refractivity contribution in [3.8, 4) is 0 Å². The van der Waals surface area contributed by atoms with Crippen molar-refractivity contribution in [3.63, 3.8) is 0 Å². The molecule has 0 amide bonds. The fraction of sp³-hybridized carbons (Fsp3) is 0.500. The van der Waals surface area contributed by atoms with Gasteiger partial charge in [-0.05, 0) is 23.6 Å². The van der Waals surface area contributed by atoms with Gasteiger partial charge in [-0.25, -0.2) is 4.99 Å². The van der Waals surface area contributed by atoms with E-state index in [4.69, 9.17) is 4.74 Å². The fourth-order valence-electron chi connectivity index (χ4n) is 2.50. The molecule has 2 heterocycles. The standard InChI is InChI=1S/C14H18N2O/c1-2-3-11-4-5-13-12(8-11)9-16-6-7-17-10-14(16)15-13/h4-5,8H,2-3,6-7,9-10H2,1H3. The topological polar surface area (TPSA) is 24.8 Å². The van der Waals surface area contributed by atoms with Gasteiger partial charge in [0.05, 0.1) is 12.3 Å². The summed E-state index contributed by atoms with van der Waals surface area (Å²) in [6.07, 6.45) is 2.36. The zero-order chi connectivity index (χ0) is 11.7. The van der Waals surface area contributed by atoms with Gasteiger partial charge in [0.25, 0.3) is 0 Å². The highest BCUT2D eigenvalue weighted by Gasteiger charge is 2.22. The second-order valence-corrected chi connectivity index (χ2v) is 4.72. The average molecular weight is 230 g/mol. The van der Waals surface area contributed by atoms with Gasteiger partial charge >= 0.3 is 0 Å². The van der Waals surface area contributed by atoms with E-state index in [1.807, 2.05) is 0 Å². The van der Waals surface area contributed by atoms with E-state index in [2.05, 4.69) is 35.0 Å². The summed E-state index contributed by atoms with van der Waals surface area (Å²) in [4.78, 5) is 7.02. The highest BCUT2D eigenvalue weighted by Crippen LogP contribution is 2.28. The van der Waals surface area contributed by atoms with Crippen LogP contribution in [0.1, 0.15) is 24.5 Å². The van der Waals surface area contributed by atoms with Crippen molar-refractivity contribution in [2.75, 3.05) is 19.8 Å². The van der Waals surface area contributed by atoms with Gasteiger partial charge in [0, 0.05) is 13.1 Å². The lowest BCUT2D eigenvalue weighted by molar-refractivity contribution is 0.113. The Bertz CT molecular complexity index is 454. The SMILES string of the molecule is CCCc1ccc2c(c1)CN1CCOCC1=N2. The Hall–Kier alpha value is -1.35. The molecule has 1 fully saturated rings. The van der Waals surface area contributed by atoms with Crippen LogP contribution in [0.25, 0.3) is 0 Å². The molecular weight excluding hydrogens is 212 g/mol. The number of hydrogen-bond acceptors (Lipinski definition) is 3. The van der Waals surface area contributed by atoms with E-state index in [0.717, 1.165) is 37.6 Å². The van der Waals surface area contributed by atoms with Crippen LogP contribution in [0.3, 0.4) is 0 Å². The lowest BCUT2D eigenvalue weighted by atomic mass is 10.0. The predicted molar refractivity (Wildman–Crippen MR) is 68.8 cm³/mol. The minimum absolute atomic E-state index is 0.663. The van der Waals surface area contributed by atoms with Crippen LogP contribution in [0.5, 0.6) is 0 Å². The number of aliphatic imine (C=N–C) groups is 1. The Morgan fingerprint density at radius 2 is 2.35 bits per heavy atom. The lowest BCUT2D eigenvalue weighted by Crippen LogP contribution is -2.42. The van der Waals surface area contributed by atoms with Crippen LogP contribution in [-0.4, -0.2) is 30.5 Å². The van der Waals surface area contributed by atoms with Crippen LogP contribution in [-0.2, 0) is 17.7 Å². The summed E-state index contributed by atoms with van der Waals surface area (Å²) in [7, 11) is 0. The molecule has 1 saturated heterocycles. The third kappa shape index (κ3) is 2.07. The van der Waals surface area contributed by atoms with Crippen molar-refractivity contribution in [2.24, 2.45) is 4.99 Å². The Labute approximate surface area is 102 Å². The molecule has 2 aliphatic rings. The maximum atomic E-state index is 5.44. The van der Waals surface area contributed by atoms with E-state index in [0.29, 0.717) is 6.61 Å². The van der Waals surface area contributed by atoms with Crippen LogP contribution in [0.2, 0.25) is 0 Å². The van der Waals surface area contributed by atoms with Crippen molar-refractivity contribution in [2.45, 2.75) is 26.3 Å². The zero-order valence-corrected chi connectivity index (χ0v) is 10.3. The van der Waals surface area contributed by atoms with E-state index in [9.17, 15) is 0 Å². The van der Waals surface area contributed by atoms with Crippen LogP contribution < -0.4 is 0 Å². The summed E-state index contributed by atoms with van der Waals surface area (Å²) in [6, 6.07) is 6.67. The summed E-state index contributed by atoms with van der Waals surface area (Å²) in [5.74, 6) is 1.09.